The number of pyridine rings is 1. The summed E-state index contributed by atoms with van der Waals surface area (Å²) in [7, 11) is 1.75. The number of nitrogens with zero attached hydrogens (tertiary/aromatic N) is 1. The first kappa shape index (κ1) is 15.6. The van der Waals surface area contributed by atoms with Crippen LogP contribution in [-0.4, -0.2) is 9.67 Å². The highest BCUT2D eigenvalue weighted by Crippen LogP contribution is 2.23. The molecular formula is C18H25NO2. The zero-order chi connectivity index (χ0) is 15.2. The van der Waals surface area contributed by atoms with Crippen molar-refractivity contribution >= 4 is 10.9 Å². The molecule has 0 saturated heterocycles. The molecule has 0 unspecified atom stereocenters. The number of unbranched alkanes of at least 4 members (excludes halogenated alkanes) is 5. The molecule has 0 aliphatic carbocycles. The zero-order valence-corrected chi connectivity index (χ0v) is 13.1. The highest BCUT2D eigenvalue weighted by Gasteiger charge is 2.06. The molecule has 3 nitrogen and oxygen atoms in total. The molecule has 0 atom stereocenters. The normalized spacial score (nSPS) is 11.1. The van der Waals surface area contributed by atoms with Gasteiger partial charge in [0, 0.05) is 18.5 Å². The summed E-state index contributed by atoms with van der Waals surface area (Å²) < 4.78 is 1.60. The summed E-state index contributed by atoms with van der Waals surface area (Å²) in [6.45, 7) is 2.23. The zero-order valence-electron chi connectivity index (χ0n) is 13.1. The van der Waals surface area contributed by atoms with E-state index < -0.39 is 0 Å². The van der Waals surface area contributed by atoms with Gasteiger partial charge in [-0.1, -0.05) is 45.1 Å². The second kappa shape index (κ2) is 7.30. The minimum Gasteiger partial charge on any atom is -0.507 e. The summed E-state index contributed by atoms with van der Waals surface area (Å²) in [6, 6.07) is 7.27. The lowest BCUT2D eigenvalue weighted by atomic mass is 10.0. The van der Waals surface area contributed by atoms with Gasteiger partial charge in [0.15, 0.2) is 0 Å². The van der Waals surface area contributed by atoms with E-state index in [1.807, 2.05) is 12.1 Å². The van der Waals surface area contributed by atoms with Gasteiger partial charge < -0.3 is 9.67 Å². The maximum Gasteiger partial charge on any atom is 0.254 e. The van der Waals surface area contributed by atoms with Gasteiger partial charge in [-0.2, -0.15) is 0 Å². The van der Waals surface area contributed by atoms with Crippen molar-refractivity contribution in [1.29, 1.82) is 0 Å². The van der Waals surface area contributed by atoms with Gasteiger partial charge in [-0.25, -0.2) is 0 Å². The van der Waals surface area contributed by atoms with Crippen molar-refractivity contribution in [2.45, 2.75) is 51.9 Å². The SMILES string of the molecule is CCCCCCCCc1ccc2c(O)cc(=O)n(C)c2c1. The predicted molar refractivity (Wildman–Crippen MR) is 87.9 cm³/mol. The molecule has 21 heavy (non-hydrogen) atoms. The minimum atomic E-state index is -0.170. The topological polar surface area (TPSA) is 42.2 Å². The number of aromatic nitrogens is 1. The lowest BCUT2D eigenvalue weighted by molar-refractivity contribution is 0.479. The van der Waals surface area contributed by atoms with E-state index >= 15 is 0 Å². The molecule has 0 radical (unpaired) electrons. The molecular weight excluding hydrogens is 262 g/mol. The number of rotatable bonds is 7. The number of benzene rings is 1. The van der Waals surface area contributed by atoms with Crippen molar-refractivity contribution in [3.05, 3.63) is 40.2 Å². The Bertz CT molecular complexity index is 658. The minimum absolute atomic E-state index is 0.0687. The predicted octanol–water partition coefficient (Wildman–Crippen LogP) is 4.15. The van der Waals surface area contributed by atoms with E-state index in [4.69, 9.17) is 0 Å². The van der Waals surface area contributed by atoms with Crippen LogP contribution in [-0.2, 0) is 13.5 Å². The fourth-order valence-electron chi connectivity index (χ4n) is 2.75. The van der Waals surface area contributed by atoms with Crippen molar-refractivity contribution in [3.63, 3.8) is 0 Å². The average Bonchev–Trinajstić information content (AvgIpc) is 2.48. The molecule has 1 aromatic heterocycles. The second-order valence-electron chi connectivity index (χ2n) is 5.80. The van der Waals surface area contributed by atoms with Crippen LogP contribution in [0.3, 0.4) is 0 Å². The number of hydrogen-bond acceptors (Lipinski definition) is 2. The highest BCUT2D eigenvalue weighted by atomic mass is 16.3. The van der Waals surface area contributed by atoms with Crippen LogP contribution in [0.2, 0.25) is 0 Å². The molecule has 1 heterocycles. The molecule has 0 fully saturated rings. The fraction of sp³-hybridized carbons (Fsp3) is 0.500. The number of aromatic hydroxyl groups is 1. The van der Waals surface area contributed by atoms with E-state index in [9.17, 15) is 9.90 Å². The van der Waals surface area contributed by atoms with E-state index in [0.29, 0.717) is 0 Å². The smallest absolute Gasteiger partial charge is 0.254 e. The number of aryl methyl sites for hydroxylation is 2. The fourth-order valence-corrected chi connectivity index (χ4v) is 2.75. The first-order chi connectivity index (χ1) is 10.1. The second-order valence-corrected chi connectivity index (χ2v) is 5.80. The third kappa shape index (κ3) is 3.87. The van der Waals surface area contributed by atoms with Crippen LogP contribution in [0.1, 0.15) is 51.0 Å². The Morgan fingerprint density at radius 1 is 1.05 bits per heavy atom. The van der Waals surface area contributed by atoms with Gasteiger partial charge in [0.2, 0.25) is 0 Å². The van der Waals surface area contributed by atoms with Crippen molar-refractivity contribution < 1.29 is 5.11 Å². The Kier molecular flexibility index (Phi) is 5.43. The quantitative estimate of drug-likeness (QED) is 0.777. The van der Waals surface area contributed by atoms with Gasteiger partial charge in [-0.05, 0) is 30.5 Å². The third-order valence-electron chi connectivity index (χ3n) is 4.11. The van der Waals surface area contributed by atoms with E-state index in [0.717, 1.165) is 17.3 Å². The monoisotopic (exact) mass is 287 g/mol. The van der Waals surface area contributed by atoms with Crippen LogP contribution in [0, 0.1) is 0 Å². The molecule has 3 heteroatoms. The lowest BCUT2D eigenvalue weighted by Gasteiger charge is -2.09. The maximum absolute atomic E-state index is 11.7. The third-order valence-corrected chi connectivity index (χ3v) is 4.11. The Morgan fingerprint density at radius 2 is 1.76 bits per heavy atom. The van der Waals surface area contributed by atoms with Crippen LogP contribution < -0.4 is 5.56 Å². The standard InChI is InChI=1S/C18H25NO2/c1-3-4-5-6-7-8-9-14-10-11-15-16(12-14)19(2)18(21)13-17(15)20/h10-13,20H,3-9H2,1-2H3. The van der Waals surface area contributed by atoms with E-state index in [1.165, 1.54) is 50.2 Å². The number of fused-ring (bicyclic) bond motifs is 1. The molecule has 2 aromatic rings. The van der Waals surface area contributed by atoms with Crippen LogP contribution in [0.15, 0.2) is 29.1 Å². The molecule has 0 aliphatic heterocycles. The van der Waals surface area contributed by atoms with Gasteiger partial charge in [0.25, 0.3) is 5.56 Å². The average molecular weight is 287 g/mol. The van der Waals surface area contributed by atoms with Crippen LogP contribution in [0.4, 0.5) is 0 Å². The van der Waals surface area contributed by atoms with Crippen LogP contribution in [0.25, 0.3) is 10.9 Å². The molecule has 114 valence electrons. The van der Waals surface area contributed by atoms with Gasteiger partial charge in [-0.15, -0.1) is 0 Å². The molecule has 1 aromatic carbocycles. The first-order valence-corrected chi connectivity index (χ1v) is 7.95. The van der Waals surface area contributed by atoms with Gasteiger partial charge in [-0.3, -0.25) is 4.79 Å². The molecule has 1 N–H and O–H groups in total. The molecule has 0 bridgehead atoms. The summed E-state index contributed by atoms with van der Waals surface area (Å²) in [5.41, 5.74) is 1.87. The summed E-state index contributed by atoms with van der Waals surface area (Å²) >= 11 is 0. The first-order valence-electron chi connectivity index (χ1n) is 7.95. The van der Waals surface area contributed by atoms with Crippen molar-refractivity contribution in [2.24, 2.45) is 7.05 Å². The molecule has 0 amide bonds. The Balaban J connectivity index is 2.05. The summed E-state index contributed by atoms with van der Waals surface area (Å²) in [6.07, 6.45) is 8.72. The highest BCUT2D eigenvalue weighted by molar-refractivity contribution is 5.85. The Hall–Kier alpha value is -1.77. The number of hydrogen-bond donors (Lipinski definition) is 1. The van der Waals surface area contributed by atoms with Crippen molar-refractivity contribution in [2.75, 3.05) is 0 Å². The molecule has 2 rings (SSSR count). The van der Waals surface area contributed by atoms with E-state index in [1.54, 1.807) is 11.6 Å². The maximum atomic E-state index is 11.7. The van der Waals surface area contributed by atoms with E-state index in [-0.39, 0.29) is 11.3 Å². The summed E-state index contributed by atoms with van der Waals surface area (Å²) in [5, 5.41) is 10.6. The van der Waals surface area contributed by atoms with Gasteiger partial charge in [0.1, 0.15) is 5.75 Å². The Morgan fingerprint density at radius 3 is 2.52 bits per heavy atom. The summed E-state index contributed by atoms with van der Waals surface area (Å²) in [4.78, 5) is 11.7. The Labute approximate surface area is 126 Å². The molecule has 0 aliphatic rings. The van der Waals surface area contributed by atoms with Gasteiger partial charge >= 0.3 is 0 Å². The van der Waals surface area contributed by atoms with Crippen LogP contribution >= 0.6 is 0 Å². The largest absolute Gasteiger partial charge is 0.507 e. The summed E-state index contributed by atoms with van der Waals surface area (Å²) in [5.74, 6) is 0.0687. The molecule has 0 saturated carbocycles. The van der Waals surface area contributed by atoms with Crippen molar-refractivity contribution in [3.8, 4) is 5.75 Å². The lowest BCUT2D eigenvalue weighted by Crippen LogP contribution is -2.15. The van der Waals surface area contributed by atoms with Crippen molar-refractivity contribution in [1.82, 2.24) is 4.57 Å². The molecule has 0 spiro atoms. The van der Waals surface area contributed by atoms with E-state index in [2.05, 4.69) is 13.0 Å². The van der Waals surface area contributed by atoms with Crippen LogP contribution in [0.5, 0.6) is 5.75 Å². The van der Waals surface area contributed by atoms with Gasteiger partial charge in [0.05, 0.1) is 5.52 Å².